The number of nitrogens with one attached hydrogen (secondary N) is 1. The van der Waals surface area contributed by atoms with E-state index in [1.165, 1.54) is 6.21 Å². The van der Waals surface area contributed by atoms with E-state index in [0.29, 0.717) is 13.1 Å². The molecule has 7 heteroatoms. The van der Waals surface area contributed by atoms with Crippen molar-refractivity contribution in [2.75, 3.05) is 13.1 Å². The van der Waals surface area contributed by atoms with E-state index < -0.39 is 17.1 Å². The molecule has 88 valence electrons. The normalized spacial score (nSPS) is 36.4. The highest BCUT2D eigenvalue weighted by Gasteiger charge is 2.76. The van der Waals surface area contributed by atoms with Gasteiger partial charge in [-0.25, -0.2) is 0 Å². The number of rotatable bonds is 2. The fraction of sp³-hybridized carbons (Fsp3) is 0.889. The lowest BCUT2D eigenvalue weighted by Gasteiger charge is -2.43. The van der Waals surface area contributed by atoms with Gasteiger partial charge in [0, 0.05) is 19.0 Å². The molecular formula is C9H11F3N4. The molecule has 3 aliphatic rings. The predicted molar refractivity (Wildman–Crippen MR) is 50.2 cm³/mol. The lowest BCUT2D eigenvalue weighted by Crippen LogP contribution is -2.62. The van der Waals surface area contributed by atoms with Crippen LogP contribution in [0.4, 0.5) is 13.2 Å². The van der Waals surface area contributed by atoms with Crippen LogP contribution in [0, 0.1) is 11.3 Å². The minimum absolute atomic E-state index is 0.133. The van der Waals surface area contributed by atoms with Crippen LogP contribution >= 0.6 is 0 Å². The molecule has 16 heavy (non-hydrogen) atoms. The summed E-state index contributed by atoms with van der Waals surface area (Å²) < 4.78 is 39.4. The first kappa shape index (κ1) is 10.2. The molecule has 1 saturated carbocycles. The summed E-state index contributed by atoms with van der Waals surface area (Å²) >= 11 is 0. The van der Waals surface area contributed by atoms with Crippen LogP contribution in [0.1, 0.15) is 12.8 Å². The highest BCUT2D eigenvalue weighted by Crippen LogP contribution is 2.67. The molecule has 2 fully saturated rings. The van der Waals surface area contributed by atoms with Gasteiger partial charge in [0.15, 0.2) is 0 Å². The first-order valence-electron chi connectivity index (χ1n) is 5.26. The van der Waals surface area contributed by atoms with Gasteiger partial charge in [-0.15, -0.1) is 5.10 Å². The second kappa shape index (κ2) is 2.82. The maximum atomic E-state index is 13.1. The van der Waals surface area contributed by atoms with Crippen molar-refractivity contribution >= 4 is 6.21 Å². The molecule has 4 nitrogen and oxygen atoms in total. The Morgan fingerprint density at radius 2 is 1.94 bits per heavy atom. The molecule has 0 aromatic carbocycles. The minimum atomic E-state index is -4.22. The number of nitrogens with zero attached hydrogens (tertiary/aromatic N) is 3. The Balaban J connectivity index is 2.01. The fourth-order valence-corrected chi connectivity index (χ4v) is 2.67. The van der Waals surface area contributed by atoms with Crippen molar-refractivity contribution in [2.24, 2.45) is 26.8 Å². The van der Waals surface area contributed by atoms with E-state index in [4.69, 9.17) is 0 Å². The first-order valence-corrected chi connectivity index (χ1v) is 5.26. The Bertz CT molecular complexity index is 353. The molecule has 1 aliphatic carbocycles. The van der Waals surface area contributed by atoms with Crippen molar-refractivity contribution in [1.82, 2.24) is 5.32 Å². The van der Waals surface area contributed by atoms with Gasteiger partial charge >= 0.3 is 6.18 Å². The standard InChI is InChI=1S/C9H11F3N4/c10-9(11,12)7(1-2-7)8(5-14-16-15-8)6-3-13-4-6/h5-6,13H,1-4H2. The van der Waals surface area contributed by atoms with E-state index in [1.807, 2.05) is 0 Å². The van der Waals surface area contributed by atoms with Crippen LogP contribution in [-0.2, 0) is 0 Å². The zero-order valence-corrected chi connectivity index (χ0v) is 8.46. The maximum absolute atomic E-state index is 13.1. The summed E-state index contributed by atoms with van der Waals surface area (Å²) in [4.78, 5) is 0. The molecule has 2 heterocycles. The summed E-state index contributed by atoms with van der Waals surface area (Å²) in [6.07, 6.45) is -2.65. The predicted octanol–water partition coefficient (Wildman–Crippen LogP) is 1.74. The first-order chi connectivity index (χ1) is 7.52. The molecule has 1 atom stereocenters. The van der Waals surface area contributed by atoms with Gasteiger partial charge in [0.05, 0.1) is 11.6 Å². The quantitative estimate of drug-likeness (QED) is 0.774. The van der Waals surface area contributed by atoms with Crippen LogP contribution in [0.5, 0.6) is 0 Å². The summed E-state index contributed by atoms with van der Waals surface area (Å²) in [6, 6.07) is 0. The van der Waals surface area contributed by atoms with Crippen LogP contribution in [0.25, 0.3) is 0 Å². The number of alkyl halides is 3. The van der Waals surface area contributed by atoms with Crippen molar-refractivity contribution in [1.29, 1.82) is 0 Å². The van der Waals surface area contributed by atoms with Crippen LogP contribution in [0.2, 0.25) is 0 Å². The monoisotopic (exact) mass is 232 g/mol. The smallest absolute Gasteiger partial charge is 0.316 e. The minimum Gasteiger partial charge on any atom is -0.316 e. The van der Waals surface area contributed by atoms with Gasteiger partial charge < -0.3 is 5.32 Å². The Kier molecular flexibility index (Phi) is 1.80. The zero-order chi connectivity index (χ0) is 11.4. The van der Waals surface area contributed by atoms with Gasteiger partial charge in [-0.1, -0.05) is 0 Å². The molecule has 2 aliphatic heterocycles. The van der Waals surface area contributed by atoms with Gasteiger partial charge in [0.25, 0.3) is 0 Å². The van der Waals surface area contributed by atoms with Crippen molar-refractivity contribution in [3.8, 4) is 0 Å². The highest BCUT2D eigenvalue weighted by atomic mass is 19.4. The summed E-state index contributed by atoms with van der Waals surface area (Å²) in [7, 11) is 0. The topological polar surface area (TPSA) is 49.1 Å². The molecule has 0 aromatic heterocycles. The summed E-state index contributed by atoms with van der Waals surface area (Å²) in [5, 5.41) is 13.8. The van der Waals surface area contributed by atoms with Gasteiger partial charge in [-0.05, 0) is 18.1 Å². The van der Waals surface area contributed by atoms with E-state index >= 15 is 0 Å². The maximum Gasteiger partial charge on any atom is 0.397 e. The number of halogens is 3. The second-order valence-electron chi connectivity index (χ2n) is 4.69. The fourth-order valence-electron chi connectivity index (χ4n) is 2.67. The van der Waals surface area contributed by atoms with Gasteiger partial charge in [0.2, 0.25) is 0 Å². The third-order valence-electron chi connectivity index (χ3n) is 3.98. The average Bonchev–Trinajstić information content (AvgIpc) is 2.80. The molecule has 3 rings (SSSR count). The summed E-state index contributed by atoms with van der Waals surface area (Å²) in [5.74, 6) is -0.133. The Hall–Kier alpha value is -0.980. The molecule has 0 radical (unpaired) electrons. The largest absolute Gasteiger partial charge is 0.397 e. The van der Waals surface area contributed by atoms with E-state index in [2.05, 4.69) is 20.8 Å². The molecule has 1 N–H and O–H groups in total. The molecule has 1 saturated heterocycles. The van der Waals surface area contributed by atoms with Crippen molar-refractivity contribution in [2.45, 2.75) is 24.6 Å². The van der Waals surface area contributed by atoms with Crippen LogP contribution in [0.3, 0.4) is 0 Å². The van der Waals surface area contributed by atoms with E-state index in [0.717, 1.165) is 0 Å². The Labute approximate surface area is 90.0 Å². The molecular weight excluding hydrogens is 221 g/mol. The molecule has 0 bridgehead atoms. The van der Waals surface area contributed by atoms with E-state index in [-0.39, 0.29) is 18.8 Å². The van der Waals surface area contributed by atoms with Crippen molar-refractivity contribution in [3.63, 3.8) is 0 Å². The highest BCUT2D eigenvalue weighted by molar-refractivity contribution is 5.75. The van der Waals surface area contributed by atoms with Crippen LogP contribution < -0.4 is 5.32 Å². The van der Waals surface area contributed by atoms with E-state index in [9.17, 15) is 13.2 Å². The molecule has 0 amide bonds. The molecule has 1 unspecified atom stereocenters. The van der Waals surface area contributed by atoms with Crippen molar-refractivity contribution in [3.05, 3.63) is 0 Å². The number of hydrogen-bond acceptors (Lipinski definition) is 4. The summed E-state index contributed by atoms with van der Waals surface area (Å²) in [5.41, 5.74) is -2.95. The SMILES string of the molecule is FC(F)(F)C1(C2(C3CNC3)C=NN=N2)CC1. The molecule has 0 spiro atoms. The average molecular weight is 232 g/mol. The van der Waals surface area contributed by atoms with Gasteiger partial charge in [-0.2, -0.15) is 18.3 Å². The van der Waals surface area contributed by atoms with Crippen LogP contribution in [-0.4, -0.2) is 31.0 Å². The molecule has 0 aromatic rings. The lowest BCUT2D eigenvalue weighted by atomic mass is 9.69. The second-order valence-corrected chi connectivity index (χ2v) is 4.69. The van der Waals surface area contributed by atoms with E-state index in [1.54, 1.807) is 0 Å². The Morgan fingerprint density at radius 3 is 2.25 bits per heavy atom. The third-order valence-corrected chi connectivity index (χ3v) is 3.98. The number of hydrogen-bond donors (Lipinski definition) is 1. The van der Waals surface area contributed by atoms with Gasteiger partial charge in [-0.3, -0.25) is 0 Å². The summed E-state index contributed by atoms with van der Waals surface area (Å²) in [6.45, 7) is 1.12. The van der Waals surface area contributed by atoms with Crippen LogP contribution in [0.15, 0.2) is 15.4 Å². The lowest BCUT2D eigenvalue weighted by molar-refractivity contribution is -0.205. The third kappa shape index (κ3) is 1.02. The zero-order valence-electron chi connectivity index (χ0n) is 8.46. The van der Waals surface area contributed by atoms with Gasteiger partial charge in [0.1, 0.15) is 5.54 Å². The van der Waals surface area contributed by atoms with Crippen molar-refractivity contribution < 1.29 is 13.2 Å². The Morgan fingerprint density at radius 1 is 1.25 bits per heavy atom.